The van der Waals surface area contributed by atoms with Gasteiger partial charge in [0.2, 0.25) is 5.88 Å². The highest BCUT2D eigenvalue weighted by Crippen LogP contribution is 2.39. The predicted octanol–water partition coefficient (Wildman–Crippen LogP) is 3.44. The SMILES string of the molecule is COc1ccc(C(c2c([O-])n(-c3ccccc3)c(=S)[nH]c2=O)c2c(O)n(-c3ccccc3)c(=S)[nH]c2=O)cc1C[NH+]1C[C@@H]2C[C@H](C1)c1cccc(=O)n1C2. The number of hydrogen-bond donors (Lipinski definition) is 4. The number of rotatable bonds is 8. The Hall–Kier alpha value is -5.83. The van der Waals surface area contributed by atoms with Gasteiger partial charge in [-0.05, 0) is 84.8 Å². The average Bonchev–Trinajstić information content (AvgIpc) is 3.15. The van der Waals surface area contributed by atoms with Crippen LogP contribution in [0.15, 0.2) is 111 Å². The highest BCUT2D eigenvalue weighted by atomic mass is 32.1. The number of para-hydroxylation sites is 2. The number of methoxy groups -OCH3 is 1. The molecule has 1 fully saturated rings. The van der Waals surface area contributed by atoms with Crippen LogP contribution in [0, 0.1) is 15.5 Å². The highest BCUT2D eigenvalue weighted by molar-refractivity contribution is 7.71. The monoisotopic (exact) mass is 760 g/mol. The van der Waals surface area contributed by atoms with Crippen molar-refractivity contribution in [1.29, 1.82) is 0 Å². The molecule has 12 nitrogen and oxygen atoms in total. The Morgan fingerprint density at radius 3 is 2.19 bits per heavy atom. The Balaban J connectivity index is 1.31. The van der Waals surface area contributed by atoms with Crippen LogP contribution in [0.25, 0.3) is 11.4 Å². The van der Waals surface area contributed by atoms with E-state index < -0.39 is 28.8 Å². The van der Waals surface area contributed by atoms with Crippen molar-refractivity contribution in [3.8, 4) is 28.9 Å². The molecule has 2 aliphatic heterocycles. The molecule has 0 radical (unpaired) electrons. The van der Waals surface area contributed by atoms with Gasteiger partial charge in [-0.3, -0.25) is 28.9 Å². The number of likely N-dealkylation sites (tertiary alicyclic amines) is 1. The van der Waals surface area contributed by atoms with Crippen LogP contribution < -0.4 is 31.4 Å². The van der Waals surface area contributed by atoms with Gasteiger partial charge >= 0.3 is 0 Å². The Morgan fingerprint density at radius 2 is 1.50 bits per heavy atom. The van der Waals surface area contributed by atoms with Gasteiger partial charge in [-0.25, -0.2) is 0 Å². The summed E-state index contributed by atoms with van der Waals surface area (Å²) in [6.45, 7) is 2.80. The van der Waals surface area contributed by atoms with Gasteiger partial charge in [0.15, 0.2) is 9.54 Å². The van der Waals surface area contributed by atoms with Gasteiger partial charge in [0.1, 0.15) is 12.3 Å². The Kier molecular flexibility index (Phi) is 9.26. The molecule has 0 saturated carbocycles. The Bertz CT molecular complexity index is 2590. The molecule has 2 unspecified atom stereocenters. The first-order valence-electron chi connectivity index (χ1n) is 17.6. The second-order valence-corrected chi connectivity index (χ2v) is 14.6. The largest absolute Gasteiger partial charge is 0.859 e. The number of ether oxygens (including phenoxy) is 1. The Labute approximate surface area is 318 Å². The molecule has 1 saturated heterocycles. The second kappa shape index (κ2) is 14.2. The fourth-order valence-electron chi connectivity index (χ4n) is 8.34. The number of hydrogen-bond acceptors (Lipinski definition) is 8. The van der Waals surface area contributed by atoms with Crippen LogP contribution in [0.5, 0.6) is 17.5 Å². The van der Waals surface area contributed by atoms with Crippen molar-refractivity contribution in [1.82, 2.24) is 23.7 Å². The van der Waals surface area contributed by atoms with Crippen molar-refractivity contribution < 1.29 is 19.8 Å². The normalized spacial score (nSPS) is 18.1. The third-order valence-corrected chi connectivity index (χ3v) is 11.1. The van der Waals surface area contributed by atoms with Gasteiger partial charge < -0.3 is 29.0 Å². The molecule has 0 aliphatic carbocycles. The van der Waals surface area contributed by atoms with E-state index in [1.165, 1.54) is 14.0 Å². The summed E-state index contributed by atoms with van der Waals surface area (Å²) in [6.07, 6.45) is 1.00. The lowest BCUT2D eigenvalue weighted by Crippen LogP contribution is -3.13. The summed E-state index contributed by atoms with van der Waals surface area (Å²) < 4.78 is 10.1. The zero-order chi connectivity index (χ0) is 37.7. The summed E-state index contributed by atoms with van der Waals surface area (Å²) in [5.74, 6) is -1.54. The molecule has 5 heterocycles. The minimum absolute atomic E-state index is 0.0207. The first kappa shape index (κ1) is 35.2. The summed E-state index contributed by atoms with van der Waals surface area (Å²) in [6, 6.07) is 28.1. The van der Waals surface area contributed by atoms with Gasteiger partial charge in [-0.1, -0.05) is 48.5 Å². The maximum Gasteiger partial charge on any atom is 0.259 e. The summed E-state index contributed by atoms with van der Waals surface area (Å²) in [7, 11) is 1.58. The first-order valence-corrected chi connectivity index (χ1v) is 18.4. The van der Waals surface area contributed by atoms with Crippen LogP contribution in [0.4, 0.5) is 0 Å². The summed E-state index contributed by atoms with van der Waals surface area (Å²) >= 11 is 11.0. The molecule has 6 aromatic rings. The van der Waals surface area contributed by atoms with Gasteiger partial charge in [-0.15, -0.1) is 0 Å². The number of quaternary nitrogens is 1. The molecule has 274 valence electrons. The van der Waals surface area contributed by atoms with Crippen molar-refractivity contribution in [3.05, 3.63) is 166 Å². The first-order chi connectivity index (χ1) is 26.1. The summed E-state index contributed by atoms with van der Waals surface area (Å²) in [5, 5.41) is 26.6. The van der Waals surface area contributed by atoms with Crippen molar-refractivity contribution in [2.45, 2.75) is 31.3 Å². The molecular formula is C40H36N6O6S2. The van der Waals surface area contributed by atoms with E-state index in [-0.39, 0.29) is 32.1 Å². The highest BCUT2D eigenvalue weighted by Gasteiger charge is 2.38. The zero-order valence-electron chi connectivity index (χ0n) is 29.2. The molecule has 2 aliphatic rings. The van der Waals surface area contributed by atoms with Crippen LogP contribution >= 0.6 is 24.4 Å². The van der Waals surface area contributed by atoms with Crippen molar-refractivity contribution >= 4 is 24.4 Å². The molecule has 54 heavy (non-hydrogen) atoms. The number of nitrogens with one attached hydrogen (secondary N) is 3. The summed E-state index contributed by atoms with van der Waals surface area (Å²) in [4.78, 5) is 47.3. The van der Waals surface area contributed by atoms with Gasteiger partial charge in [-0.2, -0.15) is 0 Å². The van der Waals surface area contributed by atoms with E-state index in [2.05, 4.69) is 9.97 Å². The maximum absolute atomic E-state index is 14.6. The lowest BCUT2D eigenvalue weighted by atomic mass is 9.82. The third-order valence-electron chi connectivity index (χ3n) is 10.6. The van der Waals surface area contributed by atoms with E-state index in [0.29, 0.717) is 41.7 Å². The van der Waals surface area contributed by atoms with E-state index in [4.69, 9.17) is 29.2 Å². The van der Waals surface area contributed by atoms with E-state index in [1.54, 1.807) is 86.0 Å². The molecule has 8 rings (SSSR count). The lowest BCUT2D eigenvalue weighted by molar-refractivity contribution is -0.924. The number of pyridine rings is 1. The molecule has 0 amide bonds. The molecular weight excluding hydrogens is 725 g/mol. The number of benzene rings is 3. The zero-order valence-corrected chi connectivity index (χ0v) is 30.8. The van der Waals surface area contributed by atoms with Crippen LogP contribution in [0.1, 0.15) is 46.2 Å². The minimum atomic E-state index is -1.37. The topological polar surface area (TPSA) is 155 Å². The number of fused-ring (bicyclic) bond motifs is 4. The molecule has 2 bridgehead atoms. The molecule has 4 N–H and O–H groups in total. The van der Waals surface area contributed by atoms with E-state index in [1.807, 2.05) is 22.8 Å². The van der Waals surface area contributed by atoms with Gasteiger partial charge in [0, 0.05) is 47.0 Å². The Morgan fingerprint density at radius 1 is 0.852 bits per heavy atom. The number of piperidine rings is 1. The van der Waals surface area contributed by atoms with E-state index in [0.717, 1.165) is 30.8 Å². The predicted molar refractivity (Wildman–Crippen MR) is 205 cm³/mol. The van der Waals surface area contributed by atoms with E-state index in [9.17, 15) is 24.6 Å². The molecule has 4 atom stereocenters. The standard InChI is InChI=1S/C40H36N6O6S2/c1-52-30-16-15-24(18-26(30)22-43-19-23-17-25(21-43)29-13-8-14-31(47)44(29)20-23)32(33-35(48)41-39(53)45(37(33)50)27-9-4-2-5-10-27)34-36(49)42-40(54)46(38(34)51)28-11-6-3-7-12-28/h2-16,18,23,25,32,50-51H,17,19-22H2,1H3,(H,41,48,53)(H,42,49,54)/t23-,25+/m0/s1. The van der Waals surface area contributed by atoms with Crippen LogP contribution in [0.3, 0.4) is 0 Å². The lowest BCUT2D eigenvalue weighted by Gasteiger charge is -2.40. The van der Waals surface area contributed by atoms with Crippen LogP contribution in [0.2, 0.25) is 0 Å². The molecule has 3 aromatic heterocycles. The maximum atomic E-state index is 14.6. The van der Waals surface area contributed by atoms with Crippen molar-refractivity contribution in [2.24, 2.45) is 5.92 Å². The number of aromatic amines is 2. The fraction of sp³-hybridized carbons (Fsp3) is 0.225. The van der Waals surface area contributed by atoms with Crippen LogP contribution in [-0.4, -0.2) is 49.0 Å². The number of aromatic hydroxyl groups is 1. The summed E-state index contributed by atoms with van der Waals surface area (Å²) in [5.41, 5.74) is 1.01. The van der Waals surface area contributed by atoms with Gasteiger partial charge in [0.25, 0.3) is 16.7 Å². The van der Waals surface area contributed by atoms with E-state index >= 15 is 0 Å². The number of H-pyrrole nitrogens is 2. The van der Waals surface area contributed by atoms with Crippen LogP contribution in [-0.2, 0) is 13.1 Å². The number of nitrogens with zero attached hydrogens (tertiary/aromatic N) is 3. The van der Waals surface area contributed by atoms with Gasteiger partial charge in [0.05, 0.1) is 37.4 Å². The average molecular weight is 761 g/mol. The number of aromatic nitrogens is 5. The molecule has 0 spiro atoms. The quantitative estimate of drug-likeness (QED) is 0.172. The second-order valence-electron chi connectivity index (χ2n) is 13.9. The third kappa shape index (κ3) is 6.21. The smallest absolute Gasteiger partial charge is 0.259 e. The fourth-order valence-corrected chi connectivity index (χ4v) is 8.90. The molecule has 14 heteroatoms. The van der Waals surface area contributed by atoms with Crippen molar-refractivity contribution in [3.63, 3.8) is 0 Å². The molecule has 3 aromatic carbocycles. The minimum Gasteiger partial charge on any atom is -0.859 e. The van der Waals surface area contributed by atoms with Crippen molar-refractivity contribution in [2.75, 3.05) is 20.2 Å².